The molecular formula is C27H32N2O3. The number of rotatable bonds is 10. The second-order valence-corrected chi connectivity index (χ2v) is 8.45. The molecule has 2 aliphatic rings. The number of imide groups is 1. The third-order valence-electron chi connectivity index (χ3n) is 6.15. The third-order valence-corrected chi connectivity index (χ3v) is 6.15. The van der Waals surface area contributed by atoms with E-state index in [1.165, 1.54) is 10.5 Å². The van der Waals surface area contributed by atoms with E-state index in [4.69, 9.17) is 4.74 Å². The minimum atomic E-state index is -0.187. The van der Waals surface area contributed by atoms with Gasteiger partial charge in [0.05, 0.1) is 12.2 Å². The van der Waals surface area contributed by atoms with Crippen molar-refractivity contribution in [3.05, 3.63) is 65.4 Å². The van der Waals surface area contributed by atoms with Gasteiger partial charge in [-0.25, -0.2) is 0 Å². The summed E-state index contributed by atoms with van der Waals surface area (Å²) in [5, 5.41) is 0. The van der Waals surface area contributed by atoms with Crippen molar-refractivity contribution in [2.45, 2.75) is 52.4 Å². The Bertz CT molecular complexity index is 1010. The summed E-state index contributed by atoms with van der Waals surface area (Å²) in [5.74, 6) is 0.412. The summed E-state index contributed by atoms with van der Waals surface area (Å²) in [7, 11) is 0. The molecule has 2 aliphatic heterocycles. The molecule has 0 atom stereocenters. The van der Waals surface area contributed by atoms with E-state index in [0.717, 1.165) is 55.5 Å². The Kier molecular flexibility index (Phi) is 6.93. The fraction of sp³-hybridized carbons (Fsp3) is 0.407. The molecule has 2 heterocycles. The van der Waals surface area contributed by atoms with Gasteiger partial charge in [0, 0.05) is 18.8 Å². The first-order valence-electron chi connectivity index (χ1n) is 11.8. The summed E-state index contributed by atoms with van der Waals surface area (Å²) in [4.78, 5) is 30.5. The Morgan fingerprint density at radius 2 is 1.66 bits per heavy atom. The molecule has 0 saturated carbocycles. The van der Waals surface area contributed by atoms with E-state index in [0.29, 0.717) is 31.0 Å². The van der Waals surface area contributed by atoms with E-state index >= 15 is 0 Å². The molecule has 0 saturated heterocycles. The van der Waals surface area contributed by atoms with Crippen molar-refractivity contribution >= 4 is 23.1 Å². The van der Waals surface area contributed by atoms with Crippen molar-refractivity contribution in [1.82, 2.24) is 4.90 Å². The lowest BCUT2D eigenvalue weighted by Crippen LogP contribution is -2.35. The molecule has 0 bridgehead atoms. The van der Waals surface area contributed by atoms with Crippen molar-refractivity contribution in [2.75, 3.05) is 24.6 Å². The largest absolute Gasteiger partial charge is 0.494 e. The maximum absolute atomic E-state index is 13.5. The predicted octanol–water partition coefficient (Wildman–Crippen LogP) is 5.20. The third kappa shape index (κ3) is 4.29. The Balaban J connectivity index is 1.69. The van der Waals surface area contributed by atoms with Gasteiger partial charge in [-0.15, -0.1) is 0 Å². The van der Waals surface area contributed by atoms with Crippen LogP contribution in [0.4, 0.5) is 5.69 Å². The van der Waals surface area contributed by atoms with Crippen LogP contribution in [-0.4, -0.2) is 36.4 Å². The number of carbonyl (C=O) groups is 2. The number of anilines is 1. The fourth-order valence-electron chi connectivity index (χ4n) is 4.48. The van der Waals surface area contributed by atoms with Crippen molar-refractivity contribution in [3.63, 3.8) is 0 Å². The van der Waals surface area contributed by atoms with Crippen LogP contribution in [0.25, 0.3) is 5.57 Å². The van der Waals surface area contributed by atoms with Gasteiger partial charge in [0.25, 0.3) is 11.8 Å². The molecule has 0 N–H and O–H groups in total. The number of hydrogen-bond donors (Lipinski definition) is 0. The molecule has 2 aromatic carbocycles. The topological polar surface area (TPSA) is 49.9 Å². The Morgan fingerprint density at radius 1 is 0.875 bits per heavy atom. The molecule has 2 amide bonds. The summed E-state index contributed by atoms with van der Waals surface area (Å²) in [6.45, 7) is 6.05. The van der Waals surface area contributed by atoms with Gasteiger partial charge in [0.2, 0.25) is 0 Å². The second-order valence-electron chi connectivity index (χ2n) is 8.45. The number of carbonyl (C=O) groups excluding carboxylic acids is 2. The van der Waals surface area contributed by atoms with E-state index in [1.807, 2.05) is 47.4 Å². The number of fused-ring (bicyclic) bond motifs is 1. The SMILES string of the molecule is CCCCCCN1C(=O)C(c2ccc(OCCC)cc2)=C(N2CCc3ccccc32)C1=O. The van der Waals surface area contributed by atoms with Crippen LogP contribution < -0.4 is 9.64 Å². The van der Waals surface area contributed by atoms with Gasteiger partial charge in [-0.1, -0.05) is 63.4 Å². The van der Waals surface area contributed by atoms with Crippen LogP contribution in [0.1, 0.15) is 57.1 Å². The van der Waals surface area contributed by atoms with Crippen molar-refractivity contribution < 1.29 is 14.3 Å². The summed E-state index contributed by atoms with van der Waals surface area (Å²) in [5.41, 5.74) is 4.02. The summed E-state index contributed by atoms with van der Waals surface area (Å²) < 4.78 is 5.70. The summed E-state index contributed by atoms with van der Waals surface area (Å²) in [6.07, 6.45) is 5.90. The van der Waals surface area contributed by atoms with E-state index < -0.39 is 0 Å². The first-order chi connectivity index (χ1) is 15.7. The zero-order chi connectivity index (χ0) is 22.5. The first-order valence-corrected chi connectivity index (χ1v) is 11.8. The molecular weight excluding hydrogens is 400 g/mol. The van der Waals surface area contributed by atoms with Gasteiger partial charge in [0.15, 0.2) is 0 Å². The zero-order valence-electron chi connectivity index (χ0n) is 19.1. The smallest absolute Gasteiger partial charge is 0.278 e. The van der Waals surface area contributed by atoms with Crippen LogP contribution in [0.3, 0.4) is 0 Å². The Labute approximate surface area is 190 Å². The highest BCUT2D eigenvalue weighted by molar-refractivity contribution is 6.36. The Hall–Kier alpha value is -3.08. The van der Waals surface area contributed by atoms with Gasteiger partial charge < -0.3 is 9.64 Å². The van der Waals surface area contributed by atoms with E-state index in [-0.39, 0.29) is 11.8 Å². The van der Waals surface area contributed by atoms with Crippen LogP contribution in [0.15, 0.2) is 54.2 Å². The van der Waals surface area contributed by atoms with Crippen LogP contribution in [0, 0.1) is 0 Å². The number of para-hydroxylation sites is 1. The highest BCUT2D eigenvalue weighted by Gasteiger charge is 2.42. The monoisotopic (exact) mass is 432 g/mol. The van der Waals surface area contributed by atoms with Crippen LogP contribution in [0.2, 0.25) is 0 Å². The summed E-state index contributed by atoms with van der Waals surface area (Å²) >= 11 is 0. The molecule has 4 rings (SSSR count). The molecule has 32 heavy (non-hydrogen) atoms. The number of ether oxygens (including phenoxy) is 1. The maximum atomic E-state index is 13.5. The zero-order valence-corrected chi connectivity index (χ0v) is 19.1. The lowest BCUT2D eigenvalue weighted by atomic mass is 10.0. The highest BCUT2D eigenvalue weighted by atomic mass is 16.5. The molecule has 0 fully saturated rings. The van der Waals surface area contributed by atoms with Crippen LogP contribution >= 0.6 is 0 Å². The van der Waals surface area contributed by atoms with Crippen LogP contribution in [-0.2, 0) is 16.0 Å². The Morgan fingerprint density at radius 3 is 2.41 bits per heavy atom. The molecule has 0 spiro atoms. The average Bonchev–Trinajstić information content (AvgIpc) is 3.34. The second kappa shape index (κ2) is 10.0. The van der Waals surface area contributed by atoms with Crippen molar-refractivity contribution in [1.29, 1.82) is 0 Å². The highest BCUT2D eigenvalue weighted by Crippen LogP contribution is 2.38. The standard InChI is InChI=1S/C27H32N2O3/c1-3-5-6-9-17-29-26(30)24(21-12-14-22(15-13-21)32-19-4-2)25(27(29)31)28-18-16-20-10-7-8-11-23(20)28/h7-8,10-15H,3-6,9,16-19H2,1-2H3. The molecule has 0 radical (unpaired) electrons. The average molecular weight is 433 g/mol. The normalized spacial score (nSPS) is 15.7. The lowest BCUT2D eigenvalue weighted by Gasteiger charge is -2.21. The number of amides is 2. The molecule has 5 heteroatoms. The van der Waals surface area contributed by atoms with E-state index in [2.05, 4.69) is 19.9 Å². The lowest BCUT2D eigenvalue weighted by molar-refractivity contribution is -0.136. The van der Waals surface area contributed by atoms with Gasteiger partial charge >= 0.3 is 0 Å². The van der Waals surface area contributed by atoms with E-state index in [1.54, 1.807) is 0 Å². The number of nitrogens with zero attached hydrogens (tertiary/aromatic N) is 2. The van der Waals surface area contributed by atoms with E-state index in [9.17, 15) is 9.59 Å². The minimum absolute atomic E-state index is 0.176. The van der Waals surface area contributed by atoms with Gasteiger partial charge in [-0.05, 0) is 48.6 Å². The van der Waals surface area contributed by atoms with Crippen molar-refractivity contribution in [3.8, 4) is 5.75 Å². The van der Waals surface area contributed by atoms with Gasteiger partial charge in [0.1, 0.15) is 11.4 Å². The maximum Gasteiger partial charge on any atom is 0.278 e. The summed E-state index contributed by atoms with van der Waals surface area (Å²) in [6, 6.07) is 15.7. The molecule has 168 valence electrons. The number of unbranched alkanes of at least 4 members (excludes halogenated alkanes) is 3. The molecule has 0 aromatic heterocycles. The first kappa shape index (κ1) is 22.1. The molecule has 0 unspecified atom stereocenters. The minimum Gasteiger partial charge on any atom is -0.494 e. The van der Waals surface area contributed by atoms with Crippen molar-refractivity contribution in [2.24, 2.45) is 0 Å². The van der Waals surface area contributed by atoms with Gasteiger partial charge in [-0.2, -0.15) is 0 Å². The predicted molar refractivity (Wildman–Crippen MR) is 128 cm³/mol. The number of hydrogen-bond acceptors (Lipinski definition) is 4. The number of benzene rings is 2. The molecule has 0 aliphatic carbocycles. The molecule has 2 aromatic rings. The van der Waals surface area contributed by atoms with Gasteiger partial charge in [-0.3, -0.25) is 14.5 Å². The quantitative estimate of drug-likeness (QED) is 0.383. The fourth-order valence-corrected chi connectivity index (χ4v) is 4.48. The molecule has 5 nitrogen and oxygen atoms in total. The van der Waals surface area contributed by atoms with Crippen LogP contribution in [0.5, 0.6) is 5.75 Å².